The fourth-order valence-corrected chi connectivity index (χ4v) is 3.22. The van der Waals surface area contributed by atoms with Crippen LogP contribution < -0.4 is 5.73 Å². The Morgan fingerprint density at radius 3 is 2.30 bits per heavy atom. The lowest BCUT2D eigenvalue weighted by Crippen LogP contribution is -2.26. The van der Waals surface area contributed by atoms with Gasteiger partial charge < -0.3 is 15.0 Å². The lowest BCUT2D eigenvalue weighted by molar-refractivity contribution is -0.127. The molecule has 138 valence electrons. The topological polar surface area (TPSA) is 74.3 Å². The zero-order chi connectivity index (χ0) is 19.6. The zero-order valence-corrected chi connectivity index (χ0v) is 15.6. The first-order chi connectivity index (χ1) is 12.9. The monoisotopic (exact) mass is 362 g/mol. The maximum Gasteiger partial charge on any atom is 0.341 e. The molecule has 2 aromatic carbocycles. The third kappa shape index (κ3) is 3.77. The molecule has 5 heteroatoms. The molecule has 5 nitrogen and oxygen atoms in total. The van der Waals surface area contributed by atoms with Gasteiger partial charge in [0, 0.05) is 22.6 Å². The highest BCUT2D eigenvalue weighted by Gasteiger charge is 2.26. The summed E-state index contributed by atoms with van der Waals surface area (Å²) in [7, 11) is 0. The van der Waals surface area contributed by atoms with E-state index >= 15 is 0 Å². The van der Waals surface area contributed by atoms with Crippen LogP contribution in [0.4, 0.5) is 0 Å². The van der Waals surface area contributed by atoms with Gasteiger partial charge in [-0.1, -0.05) is 42.5 Å². The molecular weight excluding hydrogens is 340 g/mol. The molecule has 3 rings (SSSR count). The summed E-state index contributed by atoms with van der Waals surface area (Å²) in [5.41, 5.74) is 10.2. The van der Waals surface area contributed by atoms with Crippen LogP contribution >= 0.6 is 0 Å². The Kier molecular flexibility index (Phi) is 5.12. The van der Waals surface area contributed by atoms with Gasteiger partial charge in [-0.15, -0.1) is 0 Å². The number of primary amides is 1. The number of carbonyl (C=O) groups excluding carboxylic acids is 2. The van der Waals surface area contributed by atoms with E-state index in [9.17, 15) is 9.59 Å². The molecule has 3 aromatic rings. The normalized spacial score (nSPS) is 11.8. The third-order valence-electron chi connectivity index (χ3n) is 4.50. The number of esters is 1. The van der Waals surface area contributed by atoms with Crippen LogP contribution in [-0.4, -0.2) is 16.4 Å². The number of carbonyl (C=O) groups is 2. The van der Waals surface area contributed by atoms with Crippen LogP contribution in [-0.2, 0) is 9.53 Å². The van der Waals surface area contributed by atoms with Gasteiger partial charge in [-0.3, -0.25) is 4.79 Å². The standard InChI is InChI=1S/C22H22N2O3/c1-14-8-7-11-18(12-14)24-15(2)13-19(16(24)3)22(26)27-20(21(23)25)17-9-5-4-6-10-17/h4-13,20H,1-3H3,(H2,23,25). The van der Waals surface area contributed by atoms with Gasteiger partial charge >= 0.3 is 5.97 Å². The van der Waals surface area contributed by atoms with Gasteiger partial charge in [0.25, 0.3) is 5.91 Å². The molecule has 1 amide bonds. The number of hydrogen-bond donors (Lipinski definition) is 1. The second-order valence-corrected chi connectivity index (χ2v) is 6.56. The molecule has 0 aliphatic rings. The SMILES string of the molecule is Cc1cccc(-n2c(C)cc(C(=O)OC(C(N)=O)c3ccccc3)c2C)c1. The number of hydrogen-bond acceptors (Lipinski definition) is 3. The smallest absolute Gasteiger partial charge is 0.341 e. The minimum absolute atomic E-state index is 0.413. The van der Waals surface area contributed by atoms with Gasteiger partial charge in [0.05, 0.1) is 5.56 Å². The third-order valence-corrected chi connectivity index (χ3v) is 4.50. The summed E-state index contributed by atoms with van der Waals surface area (Å²) in [6.07, 6.45) is -1.12. The molecule has 0 bridgehead atoms. The number of benzene rings is 2. The number of aryl methyl sites for hydroxylation is 2. The molecule has 0 saturated heterocycles. The number of nitrogens with zero attached hydrogens (tertiary/aromatic N) is 1. The summed E-state index contributed by atoms with van der Waals surface area (Å²) in [5.74, 6) is -1.28. The lowest BCUT2D eigenvalue weighted by atomic mass is 10.1. The molecule has 1 heterocycles. The van der Waals surface area contributed by atoms with Crippen LogP contribution in [0.3, 0.4) is 0 Å². The van der Waals surface area contributed by atoms with E-state index < -0.39 is 18.0 Å². The van der Waals surface area contributed by atoms with Gasteiger partial charge in [0.2, 0.25) is 6.10 Å². The molecule has 0 spiro atoms. The number of ether oxygens (including phenoxy) is 1. The fourth-order valence-electron chi connectivity index (χ4n) is 3.22. The Balaban J connectivity index is 1.94. The molecule has 0 saturated carbocycles. The Morgan fingerprint density at radius 2 is 1.67 bits per heavy atom. The Morgan fingerprint density at radius 1 is 0.963 bits per heavy atom. The number of aromatic nitrogens is 1. The van der Waals surface area contributed by atoms with Gasteiger partial charge in [-0.2, -0.15) is 0 Å². The number of rotatable bonds is 5. The van der Waals surface area contributed by atoms with Gasteiger partial charge in [0.1, 0.15) is 0 Å². The van der Waals surface area contributed by atoms with Gasteiger partial charge in [0.15, 0.2) is 0 Å². The van der Waals surface area contributed by atoms with Crippen LogP contribution in [0, 0.1) is 20.8 Å². The van der Waals surface area contributed by atoms with Crippen LogP contribution in [0.1, 0.15) is 39.0 Å². The summed E-state index contributed by atoms with van der Waals surface area (Å²) in [6, 6.07) is 18.6. The van der Waals surface area contributed by atoms with E-state index in [-0.39, 0.29) is 0 Å². The summed E-state index contributed by atoms with van der Waals surface area (Å²) in [4.78, 5) is 24.6. The largest absolute Gasteiger partial charge is 0.444 e. The zero-order valence-electron chi connectivity index (χ0n) is 15.6. The molecule has 2 N–H and O–H groups in total. The van der Waals surface area contributed by atoms with E-state index in [0.717, 1.165) is 22.6 Å². The molecular formula is C22H22N2O3. The average Bonchev–Trinajstić information content (AvgIpc) is 2.94. The highest BCUT2D eigenvalue weighted by Crippen LogP contribution is 2.25. The van der Waals surface area contributed by atoms with Crippen LogP contribution in [0.5, 0.6) is 0 Å². The number of amides is 1. The maximum absolute atomic E-state index is 12.8. The summed E-state index contributed by atoms with van der Waals surface area (Å²) >= 11 is 0. The van der Waals surface area contributed by atoms with Crippen LogP contribution in [0.15, 0.2) is 60.7 Å². The van der Waals surface area contributed by atoms with Crippen LogP contribution in [0.2, 0.25) is 0 Å². The predicted molar refractivity (Wildman–Crippen MR) is 104 cm³/mol. The molecule has 0 radical (unpaired) electrons. The molecule has 27 heavy (non-hydrogen) atoms. The summed E-state index contributed by atoms with van der Waals surface area (Å²) in [5, 5.41) is 0. The second-order valence-electron chi connectivity index (χ2n) is 6.56. The van der Waals surface area contributed by atoms with E-state index in [0.29, 0.717) is 11.1 Å². The number of nitrogens with two attached hydrogens (primary N) is 1. The van der Waals surface area contributed by atoms with Crippen molar-refractivity contribution >= 4 is 11.9 Å². The minimum Gasteiger partial charge on any atom is -0.444 e. The van der Waals surface area contributed by atoms with Crippen molar-refractivity contribution in [2.24, 2.45) is 5.73 Å². The van der Waals surface area contributed by atoms with Crippen molar-refractivity contribution in [3.8, 4) is 5.69 Å². The van der Waals surface area contributed by atoms with Crippen molar-refractivity contribution in [2.45, 2.75) is 26.9 Å². The van der Waals surface area contributed by atoms with Gasteiger partial charge in [-0.25, -0.2) is 4.79 Å². The first kappa shape index (κ1) is 18.5. The summed E-state index contributed by atoms with van der Waals surface area (Å²) in [6.45, 7) is 5.80. The van der Waals surface area contributed by atoms with Crippen molar-refractivity contribution in [3.05, 3.63) is 88.7 Å². The van der Waals surface area contributed by atoms with E-state index in [1.165, 1.54) is 0 Å². The van der Waals surface area contributed by atoms with Crippen molar-refractivity contribution in [2.75, 3.05) is 0 Å². The van der Waals surface area contributed by atoms with Crippen molar-refractivity contribution < 1.29 is 14.3 Å². The fraction of sp³-hybridized carbons (Fsp3) is 0.182. The van der Waals surface area contributed by atoms with Gasteiger partial charge in [-0.05, 0) is 44.5 Å². The molecule has 1 aromatic heterocycles. The first-order valence-electron chi connectivity index (χ1n) is 8.69. The Bertz CT molecular complexity index is 990. The highest BCUT2D eigenvalue weighted by atomic mass is 16.5. The minimum atomic E-state index is -1.12. The Hall–Kier alpha value is -3.34. The molecule has 0 fully saturated rings. The second kappa shape index (κ2) is 7.50. The van der Waals surface area contributed by atoms with Crippen molar-refractivity contribution in [3.63, 3.8) is 0 Å². The predicted octanol–water partition coefficient (Wildman–Crippen LogP) is 3.79. The highest BCUT2D eigenvalue weighted by molar-refractivity contribution is 5.94. The molecule has 1 unspecified atom stereocenters. The first-order valence-corrected chi connectivity index (χ1v) is 8.69. The lowest BCUT2D eigenvalue weighted by Gasteiger charge is -2.15. The molecule has 1 atom stereocenters. The quantitative estimate of drug-likeness (QED) is 0.702. The van der Waals surface area contributed by atoms with E-state index in [2.05, 4.69) is 0 Å². The van der Waals surface area contributed by atoms with Crippen LogP contribution in [0.25, 0.3) is 5.69 Å². The maximum atomic E-state index is 12.8. The average molecular weight is 362 g/mol. The van der Waals surface area contributed by atoms with E-state index in [4.69, 9.17) is 10.5 Å². The molecule has 0 aliphatic heterocycles. The van der Waals surface area contributed by atoms with Crippen molar-refractivity contribution in [1.29, 1.82) is 0 Å². The summed E-state index contributed by atoms with van der Waals surface area (Å²) < 4.78 is 7.46. The molecule has 0 aliphatic carbocycles. The Labute approximate surface area is 158 Å². The van der Waals surface area contributed by atoms with E-state index in [1.807, 2.05) is 55.7 Å². The van der Waals surface area contributed by atoms with Crippen molar-refractivity contribution in [1.82, 2.24) is 4.57 Å². The van der Waals surface area contributed by atoms with E-state index in [1.54, 1.807) is 30.3 Å².